The number of hydrogen-bond acceptors (Lipinski definition) is 2. The van der Waals surface area contributed by atoms with Crippen molar-refractivity contribution in [1.82, 2.24) is 10.3 Å². The van der Waals surface area contributed by atoms with Crippen molar-refractivity contribution in [3.63, 3.8) is 0 Å². The molecule has 0 spiro atoms. The van der Waals surface area contributed by atoms with Crippen LogP contribution in [0.1, 0.15) is 42.5 Å². The van der Waals surface area contributed by atoms with Gasteiger partial charge in [-0.05, 0) is 37.1 Å². The summed E-state index contributed by atoms with van der Waals surface area (Å²) in [6.45, 7) is 0. The number of pyridine rings is 1. The molecule has 1 aliphatic rings. The molecule has 1 saturated carbocycles. The van der Waals surface area contributed by atoms with E-state index in [1.54, 1.807) is 0 Å². The first kappa shape index (κ1) is 17.2. The van der Waals surface area contributed by atoms with Crippen molar-refractivity contribution in [2.24, 2.45) is 0 Å². The lowest BCUT2D eigenvalue weighted by atomic mass is 9.95. The molecule has 1 heterocycles. The second-order valence-electron chi connectivity index (χ2n) is 6.89. The predicted molar refractivity (Wildman–Crippen MR) is 109 cm³/mol. The van der Waals surface area contributed by atoms with E-state index < -0.39 is 0 Å². The highest BCUT2D eigenvalue weighted by molar-refractivity contribution is 9.10. The van der Waals surface area contributed by atoms with Crippen LogP contribution in [0.5, 0.6) is 0 Å². The zero-order valence-corrected chi connectivity index (χ0v) is 16.1. The number of halogens is 1. The average Bonchev–Trinajstić information content (AvgIpc) is 2.68. The average molecular weight is 409 g/mol. The third-order valence-electron chi connectivity index (χ3n) is 5.03. The highest BCUT2D eigenvalue weighted by Gasteiger charge is 2.19. The van der Waals surface area contributed by atoms with Crippen LogP contribution >= 0.6 is 15.9 Å². The number of fused-ring (bicyclic) bond motifs is 1. The Labute approximate surface area is 162 Å². The zero-order valence-electron chi connectivity index (χ0n) is 14.5. The molecule has 1 amide bonds. The van der Waals surface area contributed by atoms with Gasteiger partial charge in [-0.1, -0.05) is 65.5 Å². The summed E-state index contributed by atoms with van der Waals surface area (Å²) in [6.07, 6.45) is 5.81. The number of rotatable bonds is 3. The van der Waals surface area contributed by atoms with Crippen LogP contribution in [0, 0.1) is 0 Å². The molecule has 1 fully saturated rings. The third kappa shape index (κ3) is 3.65. The van der Waals surface area contributed by atoms with Crippen molar-refractivity contribution < 1.29 is 4.79 Å². The molecule has 0 atom stereocenters. The summed E-state index contributed by atoms with van der Waals surface area (Å²) in [7, 11) is 0. The van der Waals surface area contributed by atoms with E-state index in [1.165, 1.54) is 19.3 Å². The van der Waals surface area contributed by atoms with Crippen LogP contribution in [-0.2, 0) is 0 Å². The molecule has 0 saturated heterocycles. The van der Waals surface area contributed by atoms with Gasteiger partial charge in [0.25, 0.3) is 5.91 Å². The van der Waals surface area contributed by atoms with Crippen LogP contribution in [0.25, 0.3) is 22.2 Å². The minimum Gasteiger partial charge on any atom is -0.349 e. The number of amides is 1. The van der Waals surface area contributed by atoms with Crippen molar-refractivity contribution in [2.75, 3.05) is 0 Å². The van der Waals surface area contributed by atoms with Crippen molar-refractivity contribution in [3.8, 4) is 11.3 Å². The summed E-state index contributed by atoms with van der Waals surface area (Å²) in [5.41, 5.74) is 3.38. The Hall–Kier alpha value is -2.20. The number of hydrogen-bond donors (Lipinski definition) is 1. The maximum absolute atomic E-state index is 13.1. The Morgan fingerprint density at radius 1 is 1.00 bits per heavy atom. The van der Waals surface area contributed by atoms with Crippen molar-refractivity contribution >= 4 is 32.7 Å². The molecule has 0 unspecified atom stereocenters. The Bertz CT molecular complexity index is 934. The molecule has 1 aromatic heterocycles. The fourth-order valence-electron chi connectivity index (χ4n) is 3.65. The lowest BCUT2D eigenvalue weighted by Crippen LogP contribution is -2.36. The quantitative estimate of drug-likeness (QED) is 0.601. The maximum Gasteiger partial charge on any atom is 0.252 e. The summed E-state index contributed by atoms with van der Waals surface area (Å²) in [6, 6.07) is 18.1. The summed E-state index contributed by atoms with van der Waals surface area (Å²) in [4.78, 5) is 17.8. The highest BCUT2D eigenvalue weighted by atomic mass is 79.9. The first-order valence-corrected chi connectivity index (χ1v) is 9.96. The van der Waals surface area contributed by atoms with Gasteiger partial charge in [0, 0.05) is 21.5 Å². The summed E-state index contributed by atoms with van der Waals surface area (Å²) < 4.78 is 0.950. The SMILES string of the molecule is O=C(NC1CCCCC1)c1cc(-c2ccccc2)nc2ccc(Br)cc12. The smallest absolute Gasteiger partial charge is 0.252 e. The summed E-state index contributed by atoms with van der Waals surface area (Å²) in [5, 5.41) is 4.13. The Kier molecular flexibility index (Phi) is 5.02. The molecule has 2 aromatic carbocycles. The molecule has 0 aliphatic heterocycles. The fourth-order valence-corrected chi connectivity index (χ4v) is 4.01. The van der Waals surface area contributed by atoms with Gasteiger partial charge in [0.15, 0.2) is 0 Å². The first-order chi connectivity index (χ1) is 12.7. The van der Waals surface area contributed by atoms with Gasteiger partial charge in [-0.3, -0.25) is 4.79 Å². The number of benzene rings is 2. The van der Waals surface area contributed by atoms with Crippen LogP contribution in [0.2, 0.25) is 0 Å². The zero-order chi connectivity index (χ0) is 17.9. The molecular formula is C22H21BrN2O. The van der Waals surface area contributed by atoms with Crippen LogP contribution in [0.4, 0.5) is 0 Å². The molecule has 3 aromatic rings. The predicted octanol–water partition coefficient (Wildman–Crippen LogP) is 5.73. The van der Waals surface area contributed by atoms with E-state index in [-0.39, 0.29) is 11.9 Å². The molecule has 0 radical (unpaired) electrons. The molecule has 1 aliphatic carbocycles. The molecular weight excluding hydrogens is 388 g/mol. The molecule has 0 bridgehead atoms. The van der Waals surface area contributed by atoms with Gasteiger partial charge in [0.2, 0.25) is 0 Å². The number of carbonyl (C=O) groups excluding carboxylic acids is 1. The Morgan fingerprint density at radius 2 is 1.77 bits per heavy atom. The van der Waals surface area contributed by atoms with Gasteiger partial charge in [0.1, 0.15) is 0 Å². The summed E-state index contributed by atoms with van der Waals surface area (Å²) >= 11 is 3.52. The normalized spacial score (nSPS) is 15.1. The second-order valence-corrected chi connectivity index (χ2v) is 7.81. The Balaban J connectivity index is 1.77. The van der Waals surface area contributed by atoms with Crippen molar-refractivity contribution in [3.05, 3.63) is 64.6 Å². The third-order valence-corrected chi connectivity index (χ3v) is 5.52. The van der Waals surface area contributed by atoms with E-state index in [4.69, 9.17) is 4.98 Å². The van der Waals surface area contributed by atoms with Crippen molar-refractivity contribution in [1.29, 1.82) is 0 Å². The number of aromatic nitrogens is 1. The van der Waals surface area contributed by atoms with Crippen LogP contribution in [0.15, 0.2) is 59.1 Å². The van der Waals surface area contributed by atoms with Gasteiger partial charge in [0.05, 0.1) is 16.8 Å². The van der Waals surface area contributed by atoms with E-state index in [2.05, 4.69) is 21.2 Å². The topological polar surface area (TPSA) is 42.0 Å². The molecule has 3 nitrogen and oxygen atoms in total. The van der Waals surface area contributed by atoms with Gasteiger partial charge in [-0.2, -0.15) is 0 Å². The number of carbonyl (C=O) groups is 1. The van der Waals surface area contributed by atoms with E-state index in [9.17, 15) is 4.79 Å². The van der Waals surface area contributed by atoms with Crippen molar-refractivity contribution in [2.45, 2.75) is 38.1 Å². The lowest BCUT2D eigenvalue weighted by molar-refractivity contribution is 0.0929. The standard InChI is InChI=1S/C22H21BrN2O/c23-16-11-12-20-18(13-16)19(22(26)24-17-9-5-2-6-10-17)14-21(25-20)15-7-3-1-4-8-15/h1,3-4,7-8,11-14,17H,2,5-6,9-10H2,(H,24,26). The number of nitrogens with one attached hydrogen (secondary N) is 1. The van der Waals surface area contributed by atoms with Gasteiger partial charge >= 0.3 is 0 Å². The fraction of sp³-hybridized carbons (Fsp3) is 0.273. The molecule has 26 heavy (non-hydrogen) atoms. The molecule has 4 heteroatoms. The van der Waals surface area contributed by atoms with Crippen LogP contribution in [-0.4, -0.2) is 16.9 Å². The minimum atomic E-state index is -0.000388. The van der Waals surface area contributed by atoms with E-state index in [1.807, 2.05) is 54.6 Å². The number of nitrogens with zero attached hydrogens (tertiary/aromatic N) is 1. The first-order valence-electron chi connectivity index (χ1n) is 9.17. The minimum absolute atomic E-state index is 0.000388. The monoisotopic (exact) mass is 408 g/mol. The molecule has 132 valence electrons. The van der Waals surface area contributed by atoms with E-state index in [0.717, 1.165) is 39.5 Å². The molecule has 1 N–H and O–H groups in total. The van der Waals surface area contributed by atoms with E-state index >= 15 is 0 Å². The Morgan fingerprint density at radius 3 is 2.54 bits per heavy atom. The largest absolute Gasteiger partial charge is 0.349 e. The van der Waals surface area contributed by atoms with E-state index in [0.29, 0.717) is 5.56 Å². The van der Waals surface area contributed by atoms with Crippen LogP contribution < -0.4 is 5.32 Å². The molecule has 4 rings (SSSR count). The summed E-state index contributed by atoms with van der Waals surface area (Å²) in [5.74, 6) is -0.000388. The van der Waals surface area contributed by atoms with Gasteiger partial charge in [-0.25, -0.2) is 4.98 Å². The van der Waals surface area contributed by atoms with Gasteiger partial charge < -0.3 is 5.32 Å². The second kappa shape index (κ2) is 7.58. The maximum atomic E-state index is 13.1. The highest BCUT2D eigenvalue weighted by Crippen LogP contribution is 2.28. The lowest BCUT2D eigenvalue weighted by Gasteiger charge is -2.23. The van der Waals surface area contributed by atoms with Gasteiger partial charge in [-0.15, -0.1) is 0 Å². The van der Waals surface area contributed by atoms with Crippen LogP contribution in [0.3, 0.4) is 0 Å².